The van der Waals surface area contributed by atoms with Gasteiger partial charge in [0, 0.05) is 28.4 Å². The molecule has 0 saturated heterocycles. The van der Waals surface area contributed by atoms with Gasteiger partial charge in [-0.15, -0.1) is 0 Å². The molecule has 0 saturated carbocycles. The molecule has 3 rings (SSSR count). The Morgan fingerprint density at radius 2 is 1.76 bits per heavy atom. The number of H-pyrrole nitrogens is 1. The quantitative estimate of drug-likeness (QED) is 0.384. The van der Waals surface area contributed by atoms with Crippen molar-refractivity contribution in [1.29, 1.82) is 0 Å². The molecule has 0 aliphatic heterocycles. The summed E-state index contributed by atoms with van der Waals surface area (Å²) in [6, 6.07) is 8.14. The summed E-state index contributed by atoms with van der Waals surface area (Å²) in [5.74, 6) is -1.91. The van der Waals surface area contributed by atoms with Gasteiger partial charge in [-0.25, -0.2) is 22.7 Å². The minimum Gasteiger partial charge on any atom is -0.463 e. The van der Waals surface area contributed by atoms with Gasteiger partial charge < -0.3 is 20.1 Å². The molecule has 1 heterocycles. The van der Waals surface area contributed by atoms with Crippen LogP contribution in [0.25, 0.3) is 10.9 Å². The number of fused-ring (bicyclic) bond motifs is 1. The molecule has 2 aromatic carbocycles. The fourth-order valence-electron chi connectivity index (χ4n) is 3.17. The number of aliphatic hydroxyl groups is 1. The van der Waals surface area contributed by atoms with Crippen LogP contribution in [-0.4, -0.2) is 43.3 Å². The normalized spacial score (nSPS) is 13.8. The number of carbonyl (C=O) groups is 2. The Bertz CT molecular complexity index is 1340. The van der Waals surface area contributed by atoms with Crippen LogP contribution in [0.1, 0.15) is 18.1 Å². The number of hydrogen-bond acceptors (Lipinski definition) is 6. The van der Waals surface area contributed by atoms with Gasteiger partial charge in [0.25, 0.3) is 15.6 Å². The minimum atomic E-state index is -5.42. The van der Waals surface area contributed by atoms with Crippen molar-refractivity contribution in [2.75, 3.05) is 11.9 Å². The first-order valence-electron chi connectivity index (χ1n) is 9.78. The Morgan fingerprint density at radius 1 is 1.12 bits per heavy atom. The van der Waals surface area contributed by atoms with E-state index in [4.69, 9.17) is 0 Å². The lowest BCUT2D eigenvalue weighted by Crippen LogP contribution is -2.50. The molecule has 0 spiro atoms. The number of ether oxygens (including phenoxy) is 1. The van der Waals surface area contributed by atoms with Gasteiger partial charge in [0.1, 0.15) is 0 Å². The number of rotatable bonds is 6. The van der Waals surface area contributed by atoms with E-state index in [1.807, 2.05) is 0 Å². The number of halogens is 3. The smallest absolute Gasteiger partial charge is 0.432 e. The van der Waals surface area contributed by atoms with E-state index in [1.165, 1.54) is 31.2 Å². The first kappa shape index (κ1) is 25.1. The maximum absolute atomic E-state index is 13.7. The first-order chi connectivity index (χ1) is 15.8. The zero-order valence-corrected chi connectivity index (χ0v) is 18.7. The molecule has 1 unspecified atom stereocenters. The number of carbonyl (C=O) groups excluding carboxylic acids is 2. The highest BCUT2D eigenvalue weighted by Crippen LogP contribution is 2.43. The summed E-state index contributed by atoms with van der Waals surface area (Å²) < 4.78 is 72.2. The number of aromatic nitrogens is 1. The number of aryl methyl sites for hydroxylation is 1. The Morgan fingerprint density at radius 3 is 2.35 bits per heavy atom. The summed E-state index contributed by atoms with van der Waals surface area (Å²) in [5, 5.41) is 12.3. The van der Waals surface area contributed by atoms with E-state index in [9.17, 15) is 36.3 Å². The molecule has 34 heavy (non-hydrogen) atoms. The van der Waals surface area contributed by atoms with E-state index in [1.54, 1.807) is 23.8 Å². The number of alkyl halides is 3. The number of urea groups is 1. The standard InChI is InChI=1S/C21H20F3N3O6S/c1-3-33-18(28)20(30,21(22,23)24)16-11-25-17-9-6-13(10-15(16)17)26-19(29)27-34(31,32)14-7-4-12(2)5-8-14/h4-11,25,30H,3H2,1-2H3,(H2,26,27,29). The number of aromatic amines is 1. The summed E-state index contributed by atoms with van der Waals surface area (Å²) in [7, 11) is -4.21. The maximum atomic E-state index is 13.7. The lowest BCUT2D eigenvalue weighted by atomic mass is 9.92. The maximum Gasteiger partial charge on any atom is 0.432 e. The highest BCUT2D eigenvalue weighted by Gasteiger charge is 2.63. The topological polar surface area (TPSA) is 138 Å². The van der Waals surface area contributed by atoms with Crippen LogP contribution in [0, 0.1) is 6.92 Å². The van der Waals surface area contributed by atoms with Gasteiger partial charge >= 0.3 is 18.2 Å². The van der Waals surface area contributed by atoms with E-state index in [0.29, 0.717) is 0 Å². The lowest BCUT2D eigenvalue weighted by Gasteiger charge is -2.27. The SMILES string of the molecule is CCOC(=O)C(O)(c1c[nH]c2ccc(NC(=O)NS(=O)(=O)c3ccc(C)cc3)cc12)C(F)(F)F. The van der Waals surface area contributed by atoms with Crippen LogP contribution >= 0.6 is 0 Å². The van der Waals surface area contributed by atoms with Crippen molar-refractivity contribution >= 4 is 38.6 Å². The van der Waals surface area contributed by atoms with Gasteiger partial charge in [-0.05, 0) is 44.2 Å². The summed E-state index contributed by atoms with van der Waals surface area (Å²) in [6.07, 6.45) is -4.61. The second-order valence-corrected chi connectivity index (χ2v) is 8.95. The molecule has 13 heteroatoms. The molecule has 3 aromatic rings. The van der Waals surface area contributed by atoms with Crippen molar-refractivity contribution in [3.05, 3.63) is 59.8 Å². The highest BCUT2D eigenvalue weighted by atomic mass is 32.2. The van der Waals surface area contributed by atoms with Gasteiger partial charge in [-0.1, -0.05) is 17.7 Å². The predicted octanol–water partition coefficient (Wildman–Crippen LogP) is 3.30. The fourth-order valence-corrected chi connectivity index (χ4v) is 4.07. The van der Waals surface area contributed by atoms with E-state index in [0.717, 1.165) is 17.8 Å². The molecule has 0 aliphatic carbocycles. The van der Waals surface area contributed by atoms with Crippen molar-refractivity contribution in [3.8, 4) is 0 Å². The van der Waals surface area contributed by atoms with Gasteiger partial charge in [-0.2, -0.15) is 13.2 Å². The molecule has 0 aliphatic rings. The van der Waals surface area contributed by atoms with Crippen LogP contribution in [0.5, 0.6) is 0 Å². The third-order valence-corrected chi connectivity index (χ3v) is 6.22. The molecule has 1 atom stereocenters. The number of nitrogens with one attached hydrogen (secondary N) is 3. The van der Waals surface area contributed by atoms with Crippen molar-refractivity contribution in [1.82, 2.24) is 9.71 Å². The Kier molecular flexibility index (Phi) is 6.62. The second kappa shape index (κ2) is 8.99. The zero-order valence-electron chi connectivity index (χ0n) is 17.9. The predicted molar refractivity (Wildman–Crippen MR) is 115 cm³/mol. The number of amides is 2. The van der Waals surface area contributed by atoms with Crippen LogP contribution in [0.2, 0.25) is 0 Å². The average molecular weight is 499 g/mol. The molecule has 182 valence electrons. The Labute approximate surface area is 192 Å². The van der Waals surface area contributed by atoms with Gasteiger partial charge in [0.2, 0.25) is 0 Å². The minimum absolute atomic E-state index is 0.0988. The van der Waals surface area contributed by atoms with Gasteiger partial charge in [0.05, 0.1) is 11.5 Å². The number of anilines is 1. The van der Waals surface area contributed by atoms with Crippen LogP contribution in [0.3, 0.4) is 0 Å². The molecular weight excluding hydrogens is 479 g/mol. The third-order valence-electron chi connectivity index (χ3n) is 4.87. The second-order valence-electron chi connectivity index (χ2n) is 7.26. The van der Waals surface area contributed by atoms with Gasteiger partial charge in [-0.3, -0.25) is 0 Å². The van der Waals surface area contributed by atoms with Crippen molar-refractivity contribution < 1.29 is 41.0 Å². The van der Waals surface area contributed by atoms with Gasteiger partial charge in [0.15, 0.2) is 0 Å². The van der Waals surface area contributed by atoms with Crippen molar-refractivity contribution in [3.63, 3.8) is 0 Å². The van der Waals surface area contributed by atoms with E-state index < -0.39 is 46.0 Å². The number of esters is 1. The largest absolute Gasteiger partial charge is 0.463 e. The summed E-state index contributed by atoms with van der Waals surface area (Å²) in [6.45, 7) is 2.64. The number of sulfonamides is 1. The summed E-state index contributed by atoms with van der Waals surface area (Å²) in [5.41, 5.74) is -4.00. The fraction of sp³-hybridized carbons (Fsp3) is 0.238. The van der Waals surface area contributed by atoms with E-state index >= 15 is 0 Å². The molecule has 0 bridgehead atoms. The third kappa shape index (κ3) is 4.70. The van der Waals surface area contributed by atoms with Crippen LogP contribution < -0.4 is 10.0 Å². The molecule has 1 aromatic heterocycles. The lowest BCUT2D eigenvalue weighted by molar-refractivity contribution is -0.267. The average Bonchev–Trinajstić information content (AvgIpc) is 3.15. The number of hydrogen-bond donors (Lipinski definition) is 4. The first-order valence-corrected chi connectivity index (χ1v) is 11.3. The van der Waals surface area contributed by atoms with Crippen LogP contribution in [-0.2, 0) is 25.2 Å². The molecule has 0 fully saturated rings. The Balaban J connectivity index is 1.92. The summed E-state index contributed by atoms with van der Waals surface area (Å²) in [4.78, 5) is 26.7. The van der Waals surface area contributed by atoms with Crippen LogP contribution in [0.15, 0.2) is 53.6 Å². The Hall–Kier alpha value is -3.58. The molecule has 4 N–H and O–H groups in total. The monoisotopic (exact) mass is 499 g/mol. The molecule has 9 nitrogen and oxygen atoms in total. The zero-order chi connectivity index (χ0) is 25.3. The molecular formula is C21H20F3N3O6S. The summed E-state index contributed by atoms with van der Waals surface area (Å²) >= 11 is 0. The van der Waals surface area contributed by atoms with E-state index in [-0.39, 0.29) is 21.5 Å². The van der Waals surface area contributed by atoms with Crippen LogP contribution in [0.4, 0.5) is 23.7 Å². The van der Waals surface area contributed by atoms with Crippen molar-refractivity contribution in [2.45, 2.75) is 30.5 Å². The molecule has 2 amide bonds. The van der Waals surface area contributed by atoms with E-state index in [2.05, 4.69) is 15.0 Å². The van der Waals surface area contributed by atoms with Crippen molar-refractivity contribution in [2.24, 2.45) is 0 Å². The highest BCUT2D eigenvalue weighted by molar-refractivity contribution is 7.90. The molecule has 0 radical (unpaired) electrons. The number of benzene rings is 2.